The molecule has 1 aromatic carbocycles. The van der Waals surface area contributed by atoms with Gasteiger partial charge in [0, 0.05) is 38.4 Å². The van der Waals surface area contributed by atoms with Gasteiger partial charge in [0.2, 0.25) is 11.8 Å². The Balaban J connectivity index is 0.00000245. The molecular formula is C26H38ClN3O2. The molecule has 0 aromatic heterocycles. The van der Waals surface area contributed by atoms with E-state index in [9.17, 15) is 9.59 Å². The van der Waals surface area contributed by atoms with Crippen LogP contribution in [-0.4, -0.2) is 59.9 Å². The highest BCUT2D eigenvalue weighted by atomic mass is 35.5. The van der Waals surface area contributed by atoms with Crippen LogP contribution in [0.25, 0.3) is 0 Å². The van der Waals surface area contributed by atoms with E-state index in [-0.39, 0.29) is 41.6 Å². The number of hydrogen-bond acceptors (Lipinski definition) is 4. The maximum atomic E-state index is 13.2. The van der Waals surface area contributed by atoms with Crippen LogP contribution in [0.1, 0.15) is 52.4 Å². The molecule has 5 rings (SSSR count). The second-order valence-electron chi connectivity index (χ2n) is 10.7. The standard InChI is InChI=1S/C26H37N3O2.ClH/c1-18(2)19-9-11-20(12-10-19)28-15-13-26(14-16-28)23-22(24(30)27(3)25(23)31)17-29(26)21-7-5-4-6-8-21;/h4-8,18-20,22-23H,9-17H2,1-3H3;1H. The molecule has 3 saturated heterocycles. The Morgan fingerprint density at radius 3 is 2.16 bits per heavy atom. The first-order valence-corrected chi connectivity index (χ1v) is 12.3. The van der Waals surface area contributed by atoms with Gasteiger partial charge < -0.3 is 9.80 Å². The Kier molecular flexibility index (Phi) is 6.61. The molecule has 0 N–H and O–H groups in total. The predicted molar refractivity (Wildman–Crippen MR) is 130 cm³/mol. The van der Waals surface area contributed by atoms with Crippen molar-refractivity contribution in [2.24, 2.45) is 23.7 Å². The van der Waals surface area contributed by atoms with Crippen molar-refractivity contribution in [3.05, 3.63) is 30.3 Å². The van der Waals surface area contributed by atoms with Gasteiger partial charge in [-0.3, -0.25) is 14.5 Å². The molecule has 1 aliphatic carbocycles. The normalized spacial score (nSPS) is 32.5. The largest absolute Gasteiger partial charge is 0.364 e. The van der Waals surface area contributed by atoms with Gasteiger partial charge in [-0.2, -0.15) is 0 Å². The Labute approximate surface area is 198 Å². The summed E-state index contributed by atoms with van der Waals surface area (Å²) in [4.78, 5) is 32.6. The van der Waals surface area contributed by atoms with Gasteiger partial charge in [0.1, 0.15) is 0 Å². The molecule has 1 saturated carbocycles. The van der Waals surface area contributed by atoms with Gasteiger partial charge in [0.15, 0.2) is 0 Å². The molecule has 3 aliphatic heterocycles. The van der Waals surface area contributed by atoms with E-state index in [4.69, 9.17) is 0 Å². The minimum absolute atomic E-state index is 0. The molecule has 2 unspecified atom stereocenters. The van der Waals surface area contributed by atoms with Crippen molar-refractivity contribution in [1.29, 1.82) is 0 Å². The van der Waals surface area contributed by atoms with E-state index in [1.807, 2.05) is 6.07 Å². The lowest BCUT2D eigenvalue weighted by Gasteiger charge is -2.50. The van der Waals surface area contributed by atoms with Crippen molar-refractivity contribution >= 4 is 29.9 Å². The van der Waals surface area contributed by atoms with Crippen molar-refractivity contribution < 1.29 is 9.59 Å². The minimum Gasteiger partial charge on any atom is -0.364 e. The van der Waals surface area contributed by atoms with Gasteiger partial charge in [0.05, 0.1) is 17.4 Å². The molecule has 1 aromatic rings. The molecule has 1 spiro atoms. The van der Waals surface area contributed by atoms with Crippen LogP contribution in [0.3, 0.4) is 0 Å². The number of halogens is 1. The van der Waals surface area contributed by atoms with E-state index in [1.165, 1.54) is 30.6 Å². The van der Waals surface area contributed by atoms with Gasteiger partial charge in [-0.25, -0.2) is 0 Å². The Bertz CT molecular complexity index is 829. The second-order valence-corrected chi connectivity index (χ2v) is 10.7. The molecule has 3 heterocycles. The van der Waals surface area contributed by atoms with Crippen molar-refractivity contribution in [3.8, 4) is 0 Å². The van der Waals surface area contributed by atoms with Crippen LogP contribution in [-0.2, 0) is 9.59 Å². The number of amides is 2. The summed E-state index contributed by atoms with van der Waals surface area (Å²) < 4.78 is 0. The monoisotopic (exact) mass is 459 g/mol. The van der Waals surface area contributed by atoms with Crippen LogP contribution < -0.4 is 4.90 Å². The zero-order chi connectivity index (χ0) is 21.8. The molecule has 6 heteroatoms. The zero-order valence-corrected chi connectivity index (χ0v) is 20.5. The topological polar surface area (TPSA) is 43.9 Å². The smallest absolute Gasteiger partial charge is 0.235 e. The summed E-state index contributed by atoms with van der Waals surface area (Å²) in [5, 5.41) is 0. The Morgan fingerprint density at radius 2 is 1.56 bits per heavy atom. The molecule has 176 valence electrons. The summed E-state index contributed by atoms with van der Waals surface area (Å²) in [5.41, 5.74) is 0.931. The SMILES string of the molecule is CC(C)C1CCC(N2CCC3(CC2)C2C(=O)N(C)C(=O)C2CN3c2ccccc2)CC1.Cl. The highest BCUT2D eigenvalue weighted by molar-refractivity contribution is 6.07. The van der Waals surface area contributed by atoms with Crippen LogP contribution in [0, 0.1) is 23.7 Å². The third kappa shape index (κ3) is 3.66. The van der Waals surface area contributed by atoms with E-state index in [0.717, 1.165) is 43.5 Å². The number of piperidine rings is 1. The number of benzene rings is 1. The van der Waals surface area contributed by atoms with Crippen LogP contribution in [0.4, 0.5) is 5.69 Å². The van der Waals surface area contributed by atoms with Crippen molar-refractivity contribution in [3.63, 3.8) is 0 Å². The fourth-order valence-corrected chi connectivity index (χ4v) is 7.18. The average Bonchev–Trinajstić information content (AvgIpc) is 3.23. The van der Waals surface area contributed by atoms with Crippen LogP contribution in [0.2, 0.25) is 0 Å². The molecule has 0 radical (unpaired) electrons. The highest BCUT2D eigenvalue weighted by Crippen LogP contribution is 2.51. The number of para-hydroxylation sites is 1. The Hall–Kier alpha value is -1.59. The lowest BCUT2D eigenvalue weighted by atomic mass is 9.73. The number of hydrogen-bond donors (Lipinski definition) is 0. The average molecular weight is 460 g/mol. The van der Waals surface area contributed by atoms with Crippen molar-refractivity contribution in [2.45, 2.75) is 64.0 Å². The summed E-state index contributed by atoms with van der Waals surface area (Å²) in [6.07, 6.45) is 7.26. The molecule has 5 nitrogen and oxygen atoms in total. The zero-order valence-electron chi connectivity index (χ0n) is 19.7. The number of carbonyl (C=O) groups is 2. The van der Waals surface area contributed by atoms with Crippen molar-refractivity contribution in [2.75, 3.05) is 31.6 Å². The number of likely N-dealkylation sites (tertiary alicyclic amines) is 2. The summed E-state index contributed by atoms with van der Waals surface area (Å²) in [6.45, 7) is 7.47. The van der Waals surface area contributed by atoms with E-state index < -0.39 is 0 Å². The first kappa shape index (κ1) is 23.6. The molecule has 2 amide bonds. The first-order valence-electron chi connectivity index (χ1n) is 12.3. The highest BCUT2D eigenvalue weighted by Gasteiger charge is 2.64. The van der Waals surface area contributed by atoms with E-state index in [0.29, 0.717) is 12.6 Å². The summed E-state index contributed by atoms with van der Waals surface area (Å²) in [7, 11) is 1.67. The molecule has 32 heavy (non-hydrogen) atoms. The first-order chi connectivity index (χ1) is 14.9. The van der Waals surface area contributed by atoms with Gasteiger partial charge in [-0.15, -0.1) is 12.4 Å². The van der Waals surface area contributed by atoms with E-state index >= 15 is 0 Å². The van der Waals surface area contributed by atoms with Gasteiger partial charge >= 0.3 is 0 Å². The lowest BCUT2D eigenvalue weighted by molar-refractivity contribution is -0.139. The fourth-order valence-electron chi connectivity index (χ4n) is 7.18. The predicted octanol–water partition coefficient (Wildman–Crippen LogP) is 4.21. The third-order valence-corrected chi connectivity index (χ3v) is 9.07. The maximum Gasteiger partial charge on any atom is 0.235 e. The number of rotatable bonds is 3. The van der Waals surface area contributed by atoms with E-state index in [1.54, 1.807) is 7.05 Å². The molecule has 0 bridgehead atoms. The maximum absolute atomic E-state index is 13.2. The number of imide groups is 1. The molecular weight excluding hydrogens is 422 g/mol. The lowest BCUT2D eigenvalue weighted by Crippen LogP contribution is -2.59. The minimum atomic E-state index is -0.227. The molecule has 4 aliphatic rings. The quantitative estimate of drug-likeness (QED) is 0.635. The number of fused-ring (bicyclic) bond motifs is 2. The Morgan fingerprint density at radius 1 is 0.938 bits per heavy atom. The second kappa shape index (κ2) is 8.98. The van der Waals surface area contributed by atoms with Gasteiger partial charge in [-0.1, -0.05) is 32.0 Å². The summed E-state index contributed by atoms with van der Waals surface area (Å²) in [5.74, 6) is 1.36. The molecule has 4 fully saturated rings. The fraction of sp³-hybridized carbons (Fsp3) is 0.692. The van der Waals surface area contributed by atoms with Crippen LogP contribution in [0.15, 0.2) is 30.3 Å². The summed E-state index contributed by atoms with van der Waals surface area (Å²) in [6, 6.07) is 11.1. The third-order valence-electron chi connectivity index (χ3n) is 9.07. The number of carbonyl (C=O) groups excluding carboxylic acids is 2. The van der Waals surface area contributed by atoms with Gasteiger partial charge in [0.25, 0.3) is 0 Å². The van der Waals surface area contributed by atoms with E-state index in [2.05, 4.69) is 47.9 Å². The molecule has 2 atom stereocenters. The number of nitrogens with zero attached hydrogens (tertiary/aromatic N) is 3. The number of anilines is 1. The summed E-state index contributed by atoms with van der Waals surface area (Å²) >= 11 is 0. The van der Waals surface area contributed by atoms with Crippen LogP contribution in [0.5, 0.6) is 0 Å². The van der Waals surface area contributed by atoms with Crippen molar-refractivity contribution in [1.82, 2.24) is 9.80 Å². The van der Waals surface area contributed by atoms with Crippen LogP contribution >= 0.6 is 12.4 Å². The van der Waals surface area contributed by atoms with Gasteiger partial charge in [-0.05, 0) is 62.5 Å².